The van der Waals surface area contributed by atoms with E-state index in [9.17, 15) is 0 Å². The van der Waals surface area contributed by atoms with Crippen LogP contribution in [-0.4, -0.2) is 32.8 Å². The Bertz CT molecular complexity index is 335. The third kappa shape index (κ3) is 4.42. The van der Waals surface area contributed by atoms with Gasteiger partial charge in [-0.25, -0.2) is 0 Å². The Morgan fingerprint density at radius 2 is 1.78 bits per heavy atom. The highest BCUT2D eigenvalue weighted by molar-refractivity contribution is 7.98. The number of rotatable bonds is 8. The van der Waals surface area contributed by atoms with E-state index in [4.69, 9.17) is 9.47 Å². The number of benzene rings is 1. The highest BCUT2D eigenvalue weighted by Crippen LogP contribution is 2.28. The Kier molecular flexibility index (Phi) is 6.98. The van der Waals surface area contributed by atoms with E-state index in [0.717, 1.165) is 30.2 Å². The highest BCUT2D eigenvalue weighted by atomic mass is 32.2. The van der Waals surface area contributed by atoms with E-state index in [1.54, 1.807) is 14.2 Å². The molecule has 0 amide bonds. The van der Waals surface area contributed by atoms with Gasteiger partial charge in [0.2, 0.25) is 0 Å². The summed E-state index contributed by atoms with van der Waals surface area (Å²) in [6.45, 7) is 3.09. The molecule has 0 heterocycles. The molecule has 1 unspecified atom stereocenters. The predicted molar refractivity (Wildman–Crippen MR) is 79.0 cm³/mol. The molecule has 3 nitrogen and oxygen atoms in total. The van der Waals surface area contributed by atoms with Crippen LogP contribution in [0.25, 0.3) is 0 Å². The van der Waals surface area contributed by atoms with Gasteiger partial charge in [-0.3, -0.25) is 0 Å². The molecule has 0 aliphatic carbocycles. The first-order valence-electron chi connectivity index (χ1n) is 6.20. The Balaban J connectivity index is 2.93. The fourth-order valence-electron chi connectivity index (χ4n) is 1.90. The zero-order valence-corrected chi connectivity index (χ0v) is 12.5. The van der Waals surface area contributed by atoms with E-state index in [0.29, 0.717) is 6.04 Å². The summed E-state index contributed by atoms with van der Waals surface area (Å²) in [5, 5.41) is 3.51. The Labute approximate surface area is 114 Å². The normalized spacial score (nSPS) is 12.2. The van der Waals surface area contributed by atoms with Gasteiger partial charge in [-0.15, -0.1) is 0 Å². The molecule has 0 radical (unpaired) electrons. The lowest BCUT2D eigenvalue weighted by Gasteiger charge is -2.19. The van der Waals surface area contributed by atoms with Gasteiger partial charge in [0.1, 0.15) is 11.5 Å². The van der Waals surface area contributed by atoms with Crippen LogP contribution in [0.3, 0.4) is 0 Å². The van der Waals surface area contributed by atoms with Crippen LogP contribution in [0.5, 0.6) is 11.5 Å². The second-order valence-electron chi connectivity index (χ2n) is 4.04. The minimum Gasteiger partial charge on any atom is -0.497 e. The van der Waals surface area contributed by atoms with Crippen LogP contribution in [0, 0.1) is 0 Å². The van der Waals surface area contributed by atoms with E-state index >= 15 is 0 Å². The van der Waals surface area contributed by atoms with Crippen LogP contribution in [0.4, 0.5) is 0 Å². The van der Waals surface area contributed by atoms with Crippen molar-refractivity contribution in [2.45, 2.75) is 19.4 Å². The van der Waals surface area contributed by atoms with E-state index in [1.807, 2.05) is 17.8 Å². The molecule has 1 rings (SSSR count). The second-order valence-corrected chi connectivity index (χ2v) is 5.02. The lowest BCUT2D eigenvalue weighted by molar-refractivity contribution is 0.391. The van der Waals surface area contributed by atoms with Crippen LogP contribution in [0.15, 0.2) is 18.2 Å². The summed E-state index contributed by atoms with van der Waals surface area (Å²) in [6.07, 6.45) is 3.24. The molecule has 102 valence electrons. The fraction of sp³-hybridized carbons (Fsp3) is 0.571. The maximum absolute atomic E-state index is 5.32. The number of methoxy groups -OCH3 is 2. The standard InChI is InChI=1S/C14H23NO2S/c1-5-15-14(6-7-18-4)11-8-12(16-2)10-13(9-11)17-3/h8-10,14-15H,5-7H2,1-4H3. The van der Waals surface area contributed by atoms with Gasteiger partial charge in [0.25, 0.3) is 0 Å². The zero-order valence-electron chi connectivity index (χ0n) is 11.7. The minimum atomic E-state index is 0.353. The molecule has 1 aromatic carbocycles. The first-order chi connectivity index (χ1) is 8.74. The molecule has 4 heteroatoms. The summed E-state index contributed by atoms with van der Waals surface area (Å²) >= 11 is 1.87. The lowest BCUT2D eigenvalue weighted by Crippen LogP contribution is -2.21. The van der Waals surface area contributed by atoms with Crippen molar-refractivity contribution in [1.29, 1.82) is 0 Å². The SMILES string of the molecule is CCNC(CCSC)c1cc(OC)cc(OC)c1. The van der Waals surface area contributed by atoms with E-state index < -0.39 is 0 Å². The molecule has 0 aliphatic rings. The Hall–Kier alpha value is -0.870. The molecule has 1 aromatic rings. The van der Waals surface area contributed by atoms with Crippen molar-refractivity contribution in [2.24, 2.45) is 0 Å². The molecule has 0 aliphatic heterocycles. The Morgan fingerprint density at radius 1 is 1.17 bits per heavy atom. The average Bonchev–Trinajstić information content (AvgIpc) is 2.42. The number of hydrogen-bond donors (Lipinski definition) is 1. The first-order valence-corrected chi connectivity index (χ1v) is 7.59. The summed E-state index contributed by atoms with van der Waals surface area (Å²) in [5.74, 6) is 2.82. The van der Waals surface area contributed by atoms with Gasteiger partial charge in [0, 0.05) is 12.1 Å². The van der Waals surface area contributed by atoms with E-state index in [-0.39, 0.29) is 0 Å². The number of nitrogens with one attached hydrogen (secondary N) is 1. The first kappa shape index (κ1) is 15.2. The largest absolute Gasteiger partial charge is 0.497 e. The quantitative estimate of drug-likeness (QED) is 0.785. The molecule has 18 heavy (non-hydrogen) atoms. The maximum Gasteiger partial charge on any atom is 0.122 e. The van der Waals surface area contributed by atoms with Crippen LogP contribution in [0.1, 0.15) is 24.9 Å². The molecule has 0 saturated heterocycles. The van der Waals surface area contributed by atoms with Gasteiger partial charge in [-0.1, -0.05) is 6.92 Å². The molecule has 1 atom stereocenters. The molecule has 0 bridgehead atoms. The molecule has 1 N–H and O–H groups in total. The lowest BCUT2D eigenvalue weighted by atomic mass is 10.0. The number of thioether (sulfide) groups is 1. The molecular formula is C14H23NO2S. The molecule has 0 spiro atoms. The van der Waals surface area contributed by atoms with Crippen LogP contribution in [0.2, 0.25) is 0 Å². The van der Waals surface area contributed by atoms with Gasteiger partial charge in [0.15, 0.2) is 0 Å². The zero-order chi connectivity index (χ0) is 13.4. The summed E-state index contributed by atoms with van der Waals surface area (Å²) in [5.41, 5.74) is 1.22. The van der Waals surface area contributed by atoms with Crippen molar-refractivity contribution in [3.63, 3.8) is 0 Å². The minimum absolute atomic E-state index is 0.353. The van der Waals surface area contributed by atoms with Crippen molar-refractivity contribution in [2.75, 3.05) is 32.8 Å². The number of ether oxygens (including phenoxy) is 2. The Morgan fingerprint density at radius 3 is 2.22 bits per heavy atom. The number of hydrogen-bond acceptors (Lipinski definition) is 4. The van der Waals surface area contributed by atoms with Crippen molar-refractivity contribution in [3.8, 4) is 11.5 Å². The van der Waals surface area contributed by atoms with Gasteiger partial charge in [-0.05, 0) is 42.7 Å². The summed E-state index contributed by atoms with van der Waals surface area (Å²) < 4.78 is 10.6. The summed E-state index contributed by atoms with van der Waals surface area (Å²) in [7, 11) is 3.37. The highest BCUT2D eigenvalue weighted by Gasteiger charge is 2.12. The monoisotopic (exact) mass is 269 g/mol. The van der Waals surface area contributed by atoms with Gasteiger partial charge >= 0.3 is 0 Å². The van der Waals surface area contributed by atoms with Crippen molar-refractivity contribution in [3.05, 3.63) is 23.8 Å². The van der Waals surface area contributed by atoms with Crippen LogP contribution >= 0.6 is 11.8 Å². The molecule has 0 fully saturated rings. The van der Waals surface area contributed by atoms with Crippen molar-refractivity contribution < 1.29 is 9.47 Å². The van der Waals surface area contributed by atoms with Crippen LogP contribution < -0.4 is 14.8 Å². The van der Waals surface area contributed by atoms with Crippen LogP contribution in [-0.2, 0) is 0 Å². The average molecular weight is 269 g/mol. The fourth-order valence-corrected chi connectivity index (χ4v) is 2.37. The third-order valence-electron chi connectivity index (χ3n) is 2.84. The third-order valence-corrected chi connectivity index (χ3v) is 3.48. The predicted octanol–water partition coefficient (Wildman–Crippen LogP) is 3.11. The molecule has 0 saturated carbocycles. The van der Waals surface area contributed by atoms with Gasteiger partial charge in [0.05, 0.1) is 14.2 Å². The summed E-state index contributed by atoms with van der Waals surface area (Å²) in [6, 6.07) is 6.42. The van der Waals surface area contributed by atoms with E-state index in [1.165, 1.54) is 5.56 Å². The molecular weight excluding hydrogens is 246 g/mol. The molecule has 0 aromatic heterocycles. The van der Waals surface area contributed by atoms with Crippen molar-refractivity contribution >= 4 is 11.8 Å². The topological polar surface area (TPSA) is 30.5 Å². The van der Waals surface area contributed by atoms with Crippen molar-refractivity contribution in [1.82, 2.24) is 5.32 Å². The smallest absolute Gasteiger partial charge is 0.122 e. The maximum atomic E-state index is 5.32. The van der Waals surface area contributed by atoms with Gasteiger partial charge < -0.3 is 14.8 Å². The summed E-state index contributed by atoms with van der Waals surface area (Å²) in [4.78, 5) is 0. The van der Waals surface area contributed by atoms with E-state index in [2.05, 4.69) is 30.6 Å². The van der Waals surface area contributed by atoms with Gasteiger partial charge in [-0.2, -0.15) is 11.8 Å². The second kappa shape index (κ2) is 8.27.